The first-order valence-corrected chi connectivity index (χ1v) is 11.6. The first-order chi connectivity index (χ1) is 16.9. The van der Waals surface area contributed by atoms with Crippen molar-refractivity contribution in [3.8, 4) is 0 Å². The van der Waals surface area contributed by atoms with Crippen molar-refractivity contribution in [2.75, 3.05) is 4.90 Å². The number of aromatic nitrogens is 1. The van der Waals surface area contributed by atoms with Crippen LogP contribution in [-0.4, -0.2) is 22.4 Å². The summed E-state index contributed by atoms with van der Waals surface area (Å²) in [6, 6.07) is 22.6. The van der Waals surface area contributed by atoms with E-state index in [4.69, 9.17) is 0 Å². The molecule has 0 radical (unpaired) electrons. The maximum atomic E-state index is 13.3. The molecule has 1 saturated heterocycles. The lowest BCUT2D eigenvalue weighted by Crippen LogP contribution is -2.54. The molecule has 0 spiro atoms. The fraction of sp³-hybridized carbons (Fsp3) is 0.138. The molecule has 0 saturated carbocycles. The van der Waals surface area contributed by atoms with Gasteiger partial charge in [0.25, 0.3) is 11.8 Å². The summed E-state index contributed by atoms with van der Waals surface area (Å²) in [4.78, 5) is 39.6. The summed E-state index contributed by atoms with van der Waals surface area (Å²) in [6.07, 6.45) is 4.36. The number of benzene rings is 3. The van der Waals surface area contributed by atoms with Crippen molar-refractivity contribution in [3.63, 3.8) is 0 Å². The normalized spacial score (nSPS) is 15.2. The van der Waals surface area contributed by atoms with Crippen molar-refractivity contribution in [1.29, 1.82) is 0 Å². The van der Waals surface area contributed by atoms with E-state index in [1.165, 1.54) is 5.56 Å². The Morgan fingerprint density at radius 3 is 2.40 bits per heavy atom. The first kappa shape index (κ1) is 22.3. The van der Waals surface area contributed by atoms with Crippen molar-refractivity contribution in [1.82, 2.24) is 9.88 Å². The van der Waals surface area contributed by atoms with E-state index in [1.54, 1.807) is 18.2 Å². The molecule has 5 rings (SSSR count). The predicted octanol–water partition coefficient (Wildman–Crippen LogP) is 5.23. The van der Waals surface area contributed by atoms with E-state index in [9.17, 15) is 14.4 Å². The third-order valence-electron chi connectivity index (χ3n) is 6.26. The number of carbonyl (C=O) groups excluding carboxylic acids is 3. The number of urea groups is 1. The lowest BCUT2D eigenvalue weighted by molar-refractivity contribution is -0.122. The van der Waals surface area contributed by atoms with Crippen molar-refractivity contribution in [2.24, 2.45) is 0 Å². The standard InChI is InChI=1S/C29H25N3O3/c1-3-20-11-13-23(14-12-20)32-28(34)25(27(33)30-29(32)35)16-22-18-31(26-10-5-4-9-24(22)26)17-21-8-6-7-19(2)15-21/h4-16,18H,3,17H2,1-2H3,(H,30,33,35)/b25-16-. The summed E-state index contributed by atoms with van der Waals surface area (Å²) in [5.41, 5.74) is 5.50. The van der Waals surface area contributed by atoms with Crippen molar-refractivity contribution in [2.45, 2.75) is 26.8 Å². The van der Waals surface area contributed by atoms with Crippen molar-refractivity contribution < 1.29 is 14.4 Å². The molecule has 2 heterocycles. The van der Waals surface area contributed by atoms with Gasteiger partial charge in [-0.25, -0.2) is 9.69 Å². The summed E-state index contributed by atoms with van der Waals surface area (Å²) in [5, 5.41) is 3.23. The molecule has 4 amide bonds. The number of nitrogens with one attached hydrogen (secondary N) is 1. The number of para-hydroxylation sites is 1. The maximum Gasteiger partial charge on any atom is 0.335 e. The van der Waals surface area contributed by atoms with Crippen molar-refractivity contribution >= 4 is 40.5 Å². The smallest absolute Gasteiger partial charge is 0.335 e. The molecule has 6 heteroatoms. The van der Waals surface area contributed by atoms with Gasteiger partial charge >= 0.3 is 6.03 Å². The number of nitrogens with zero attached hydrogens (tertiary/aromatic N) is 2. The maximum absolute atomic E-state index is 13.3. The van der Waals surface area contributed by atoms with Gasteiger partial charge in [0.2, 0.25) is 0 Å². The predicted molar refractivity (Wildman–Crippen MR) is 137 cm³/mol. The first-order valence-electron chi connectivity index (χ1n) is 11.6. The number of carbonyl (C=O) groups is 3. The van der Waals surface area contributed by atoms with E-state index < -0.39 is 17.8 Å². The van der Waals surface area contributed by atoms with Crippen LogP contribution in [0.5, 0.6) is 0 Å². The lowest BCUT2D eigenvalue weighted by atomic mass is 10.1. The second kappa shape index (κ2) is 9.06. The summed E-state index contributed by atoms with van der Waals surface area (Å²) in [5.74, 6) is -1.34. The fourth-order valence-corrected chi connectivity index (χ4v) is 4.46. The minimum atomic E-state index is -0.747. The number of barbiturate groups is 1. The van der Waals surface area contributed by atoms with Gasteiger partial charge in [-0.2, -0.15) is 0 Å². The Bertz CT molecular complexity index is 1500. The van der Waals surface area contributed by atoms with Crippen LogP contribution in [-0.2, 0) is 22.6 Å². The van der Waals surface area contributed by atoms with Gasteiger partial charge in [0.1, 0.15) is 5.57 Å². The zero-order valence-corrected chi connectivity index (χ0v) is 19.6. The third kappa shape index (κ3) is 4.26. The number of aryl methyl sites for hydroxylation is 2. The van der Waals surface area contributed by atoms with Crippen LogP contribution < -0.4 is 10.2 Å². The fourth-order valence-electron chi connectivity index (χ4n) is 4.46. The van der Waals surface area contributed by atoms with Gasteiger partial charge in [0, 0.05) is 29.2 Å². The number of hydrogen-bond donors (Lipinski definition) is 1. The molecule has 6 nitrogen and oxygen atoms in total. The molecule has 0 atom stereocenters. The molecular weight excluding hydrogens is 438 g/mol. The van der Waals surface area contributed by atoms with Crippen LogP contribution in [0.1, 0.15) is 29.2 Å². The zero-order chi connectivity index (χ0) is 24.5. The molecule has 1 aliphatic rings. The Hall–Kier alpha value is -4.45. The summed E-state index contributed by atoms with van der Waals surface area (Å²) in [6.45, 7) is 4.74. The van der Waals surface area contributed by atoms with Crippen LogP contribution >= 0.6 is 0 Å². The van der Waals surface area contributed by atoms with Gasteiger partial charge in [0.05, 0.1) is 5.69 Å². The van der Waals surface area contributed by atoms with E-state index in [2.05, 4.69) is 35.0 Å². The summed E-state index contributed by atoms with van der Waals surface area (Å²) < 4.78 is 2.11. The minimum Gasteiger partial charge on any atom is -0.342 e. The summed E-state index contributed by atoms with van der Waals surface area (Å²) in [7, 11) is 0. The molecule has 0 aliphatic carbocycles. The van der Waals surface area contributed by atoms with Crippen LogP contribution in [0, 0.1) is 6.92 Å². The Morgan fingerprint density at radius 1 is 0.886 bits per heavy atom. The average molecular weight is 464 g/mol. The molecule has 174 valence electrons. The molecule has 4 aromatic rings. The highest BCUT2D eigenvalue weighted by atomic mass is 16.2. The van der Waals surface area contributed by atoms with E-state index >= 15 is 0 Å². The largest absolute Gasteiger partial charge is 0.342 e. The van der Waals surface area contributed by atoms with Crippen LogP contribution in [0.4, 0.5) is 10.5 Å². The van der Waals surface area contributed by atoms with Crippen LogP contribution in [0.25, 0.3) is 17.0 Å². The lowest BCUT2D eigenvalue weighted by Gasteiger charge is -2.26. The number of fused-ring (bicyclic) bond motifs is 1. The monoisotopic (exact) mass is 463 g/mol. The Morgan fingerprint density at radius 2 is 1.66 bits per heavy atom. The number of rotatable bonds is 5. The highest BCUT2D eigenvalue weighted by Crippen LogP contribution is 2.27. The van der Waals surface area contributed by atoms with Crippen LogP contribution in [0.15, 0.2) is 84.6 Å². The van der Waals surface area contributed by atoms with E-state index in [0.29, 0.717) is 12.2 Å². The van der Waals surface area contributed by atoms with Gasteiger partial charge in [-0.3, -0.25) is 14.9 Å². The average Bonchev–Trinajstić information content (AvgIpc) is 3.19. The van der Waals surface area contributed by atoms with E-state index in [0.717, 1.165) is 38.9 Å². The van der Waals surface area contributed by atoms with Crippen LogP contribution in [0.2, 0.25) is 0 Å². The Labute approximate surface area is 203 Å². The SMILES string of the molecule is CCc1ccc(N2C(=O)NC(=O)/C(=C/c3cn(Cc4cccc(C)c4)c4ccccc34)C2=O)cc1. The molecule has 35 heavy (non-hydrogen) atoms. The molecule has 1 fully saturated rings. The third-order valence-corrected chi connectivity index (χ3v) is 6.26. The number of amides is 4. The number of anilines is 1. The number of imide groups is 2. The molecule has 1 N–H and O–H groups in total. The van der Waals surface area contributed by atoms with Gasteiger partial charge in [-0.1, -0.05) is 67.1 Å². The second-order valence-corrected chi connectivity index (χ2v) is 8.70. The van der Waals surface area contributed by atoms with Gasteiger partial charge in [-0.15, -0.1) is 0 Å². The highest BCUT2D eigenvalue weighted by Gasteiger charge is 2.37. The minimum absolute atomic E-state index is 0.0809. The second-order valence-electron chi connectivity index (χ2n) is 8.70. The van der Waals surface area contributed by atoms with Crippen LogP contribution in [0.3, 0.4) is 0 Å². The number of hydrogen-bond acceptors (Lipinski definition) is 3. The molecule has 0 unspecified atom stereocenters. The van der Waals surface area contributed by atoms with Gasteiger partial charge in [0.15, 0.2) is 0 Å². The molecular formula is C29H25N3O3. The molecule has 1 aliphatic heterocycles. The van der Waals surface area contributed by atoms with Crippen molar-refractivity contribution in [3.05, 3.63) is 107 Å². The summed E-state index contributed by atoms with van der Waals surface area (Å²) >= 11 is 0. The molecule has 1 aromatic heterocycles. The molecule has 0 bridgehead atoms. The topological polar surface area (TPSA) is 71.4 Å². The van der Waals surface area contributed by atoms with Gasteiger partial charge < -0.3 is 4.57 Å². The quantitative estimate of drug-likeness (QED) is 0.326. The highest BCUT2D eigenvalue weighted by molar-refractivity contribution is 6.39. The van der Waals surface area contributed by atoms with Gasteiger partial charge in [-0.05, 0) is 48.7 Å². The molecule has 3 aromatic carbocycles. The Balaban J connectivity index is 1.55. The van der Waals surface area contributed by atoms with E-state index in [1.807, 2.05) is 55.6 Å². The van der Waals surface area contributed by atoms with E-state index in [-0.39, 0.29) is 5.57 Å². The Kier molecular flexibility index (Phi) is 5.79. The zero-order valence-electron chi connectivity index (χ0n) is 19.6.